The number of nitrogens with one attached hydrogen (secondary N) is 1. The van der Waals surface area contributed by atoms with E-state index in [1.807, 2.05) is 12.1 Å². The maximum Gasteiger partial charge on any atom is 0.234 e. The molecule has 1 amide bonds. The van der Waals surface area contributed by atoms with Gasteiger partial charge >= 0.3 is 0 Å². The summed E-state index contributed by atoms with van der Waals surface area (Å²) in [6.07, 6.45) is 0.725. The summed E-state index contributed by atoms with van der Waals surface area (Å²) in [4.78, 5) is 15.7. The van der Waals surface area contributed by atoms with E-state index < -0.39 is 0 Å². The Hall–Kier alpha value is -1.66. The molecule has 1 aromatic rings. The van der Waals surface area contributed by atoms with Crippen molar-refractivity contribution in [2.75, 3.05) is 44.7 Å². The Morgan fingerprint density at radius 3 is 2.43 bits per heavy atom. The van der Waals surface area contributed by atoms with Crippen LogP contribution in [0.1, 0.15) is 6.42 Å². The van der Waals surface area contributed by atoms with E-state index in [1.54, 1.807) is 7.05 Å². The molecule has 0 saturated carbocycles. The molecule has 6 heteroatoms. The van der Waals surface area contributed by atoms with Gasteiger partial charge in [-0.05, 0) is 37.7 Å². The maximum atomic E-state index is 12.9. The minimum Gasteiger partial charge on any atom is -0.369 e. The van der Waals surface area contributed by atoms with Crippen molar-refractivity contribution in [2.45, 2.75) is 12.5 Å². The first kappa shape index (κ1) is 15.7. The smallest absolute Gasteiger partial charge is 0.234 e. The van der Waals surface area contributed by atoms with Crippen molar-refractivity contribution in [3.05, 3.63) is 30.1 Å². The summed E-state index contributed by atoms with van der Waals surface area (Å²) in [6, 6.07) is 6.35. The standard InChI is InChI=1S/C15H23FN4O/c1-18-14(15(17)21)6-7-19-8-10-20(11-9-19)13-4-2-12(16)3-5-13/h2-5,14,18H,6-11H2,1H3,(H2,17,21). The van der Waals surface area contributed by atoms with Gasteiger partial charge in [0.2, 0.25) is 5.91 Å². The molecule has 0 bridgehead atoms. The highest BCUT2D eigenvalue weighted by Crippen LogP contribution is 2.17. The fraction of sp³-hybridized carbons (Fsp3) is 0.533. The van der Waals surface area contributed by atoms with Crippen LogP contribution >= 0.6 is 0 Å². The summed E-state index contributed by atoms with van der Waals surface area (Å²) in [6.45, 7) is 4.55. The number of rotatable bonds is 6. The van der Waals surface area contributed by atoms with Gasteiger partial charge in [-0.1, -0.05) is 0 Å². The van der Waals surface area contributed by atoms with Gasteiger partial charge in [-0.15, -0.1) is 0 Å². The monoisotopic (exact) mass is 294 g/mol. The lowest BCUT2D eigenvalue weighted by Crippen LogP contribution is -2.48. The van der Waals surface area contributed by atoms with Gasteiger partial charge in [0.25, 0.3) is 0 Å². The Morgan fingerprint density at radius 1 is 1.29 bits per heavy atom. The number of nitrogens with two attached hydrogens (primary N) is 1. The molecule has 1 atom stereocenters. The highest BCUT2D eigenvalue weighted by molar-refractivity contribution is 5.79. The average Bonchev–Trinajstić information content (AvgIpc) is 2.49. The molecule has 21 heavy (non-hydrogen) atoms. The Balaban J connectivity index is 1.78. The molecule has 1 heterocycles. The highest BCUT2D eigenvalue weighted by atomic mass is 19.1. The van der Waals surface area contributed by atoms with Gasteiger partial charge in [-0.2, -0.15) is 0 Å². The van der Waals surface area contributed by atoms with Crippen LogP contribution in [-0.4, -0.2) is 56.6 Å². The predicted molar refractivity (Wildman–Crippen MR) is 81.7 cm³/mol. The SMILES string of the molecule is CNC(CCN1CCN(c2ccc(F)cc2)CC1)C(N)=O. The third-order valence-corrected chi connectivity index (χ3v) is 3.99. The van der Waals surface area contributed by atoms with E-state index >= 15 is 0 Å². The number of carbonyl (C=O) groups excluding carboxylic acids is 1. The van der Waals surface area contributed by atoms with Crippen LogP contribution in [0.25, 0.3) is 0 Å². The topological polar surface area (TPSA) is 61.6 Å². The van der Waals surface area contributed by atoms with Crippen molar-refractivity contribution >= 4 is 11.6 Å². The number of benzene rings is 1. The number of hydrogen-bond donors (Lipinski definition) is 2. The molecule has 1 aliphatic rings. The van der Waals surface area contributed by atoms with Crippen molar-refractivity contribution in [3.63, 3.8) is 0 Å². The number of likely N-dealkylation sites (N-methyl/N-ethyl adjacent to an activating group) is 1. The summed E-state index contributed by atoms with van der Waals surface area (Å²) >= 11 is 0. The normalized spacial score (nSPS) is 17.7. The molecule has 116 valence electrons. The van der Waals surface area contributed by atoms with Crippen LogP contribution in [0.5, 0.6) is 0 Å². The Morgan fingerprint density at radius 2 is 1.90 bits per heavy atom. The number of carbonyl (C=O) groups is 1. The first-order valence-electron chi connectivity index (χ1n) is 7.29. The lowest BCUT2D eigenvalue weighted by Gasteiger charge is -2.36. The van der Waals surface area contributed by atoms with Gasteiger partial charge in [0.15, 0.2) is 0 Å². The van der Waals surface area contributed by atoms with Gasteiger partial charge in [-0.25, -0.2) is 4.39 Å². The van der Waals surface area contributed by atoms with E-state index in [2.05, 4.69) is 15.1 Å². The molecule has 1 unspecified atom stereocenters. The van der Waals surface area contributed by atoms with Gasteiger partial charge in [-0.3, -0.25) is 9.69 Å². The number of amides is 1. The minimum absolute atomic E-state index is 0.207. The van der Waals surface area contributed by atoms with Crippen LogP contribution in [0.3, 0.4) is 0 Å². The fourth-order valence-electron chi connectivity index (χ4n) is 2.62. The van der Waals surface area contributed by atoms with Crippen molar-refractivity contribution in [2.24, 2.45) is 5.73 Å². The van der Waals surface area contributed by atoms with Crippen LogP contribution in [0.4, 0.5) is 10.1 Å². The zero-order valence-electron chi connectivity index (χ0n) is 12.4. The van der Waals surface area contributed by atoms with E-state index in [9.17, 15) is 9.18 Å². The molecular formula is C15H23FN4O. The number of primary amides is 1. The maximum absolute atomic E-state index is 12.9. The second-order valence-corrected chi connectivity index (χ2v) is 5.34. The lowest BCUT2D eigenvalue weighted by molar-refractivity contribution is -0.120. The van der Waals surface area contributed by atoms with Crippen molar-refractivity contribution in [1.29, 1.82) is 0 Å². The second kappa shape index (κ2) is 7.38. The molecule has 0 aromatic heterocycles. The fourth-order valence-corrected chi connectivity index (χ4v) is 2.62. The molecule has 0 radical (unpaired) electrons. The molecule has 3 N–H and O–H groups in total. The van der Waals surface area contributed by atoms with Gasteiger partial charge in [0.05, 0.1) is 6.04 Å². The van der Waals surface area contributed by atoms with Crippen molar-refractivity contribution < 1.29 is 9.18 Å². The van der Waals surface area contributed by atoms with Crippen molar-refractivity contribution in [3.8, 4) is 0 Å². The first-order chi connectivity index (χ1) is 10.1. The van der Waals surface area contributed by atoms with E-state index in [0.29, 0.717) is 0 Å². The van der Waals surface area contributed by atoms with E-state index in [4.69, 9.17) is 5.73 Å². The van der Waals surface area contributed by atoms with Crippen LogP contribution in [0, 0.1) is 5.82 Å². The van der Waals surface area contributed by atoms with Crippen LogP contribution in [0.15, 0.2) is 24.3 Å². The summed E-state index contributed by atoms with van der Waals surface area (Å²) in [5.41, 5.74) is 6.37. The van der Waals surface area contributed by atoms with E-state index in [1.165, 1.54) is 12.1 Å². The van der Waals surface area contributed by atoms with Crippen LogP contribution in [-0.2, 0) is 4.79 Å². The van der Waals surface area contributed by atoms with Gasteiger partial charge in [0, 0.05) is 38.4 Å². The summed E-state index contributed by atoms with van der Waals surface area (Å²) in [7, 11) is 1.75. The van der Waals surface area contributed by atoms with Gasteiger partial charge < -0.3 is 16.0 Å². The molecule has 0 spiro atoms. The third kappa shape index (κ3) is 4.41. The second-order valence-electron chi connectivity index (χ2n) is 5.34. The van der Waals surface area contributed by atoms with Gasteiger partial charge in [0.1, 0.15) is 5.82 Å². The molecule has 1 aromatic carbocycles. The molecule has 5 nitrogen and oxygen atoms in total. The highest BCUT2D eigenvalue weighted by Gasteiger charge is 2.19. The predicted octanol–water partition coefficient (Wildman–Crippen LogP) is 0.411. The Labute approximate surface area is 124 Å². The average molecular weight is 294 g/mol. The largest absolute Gasteiger partial charge is 0.369 e. The molecule has 1 saturated heterocycles. The Bertz CT molecular complexity index is 457. The Kier molecular flexibility index (Phi) is 5.52. The summed E-state index contributed by atoms with van der Waals surface area (Å²) in [5.74, 6) is -0.510. The summed E-state index contributed by atoms with van der Waals surface area (Å²) < 4.78 is 12.9. The molecule has 0 aliphatic carbocycles. The van der Waals surface area contributed by atoms with E-state index in [0.717, 1.165) is 44.8 Å². The molecule has 1 fully saturated rings. The number of anilines is 1. The van der Waals surface area contributed by atoms with Crippen LogP contribution < -0.4 is 16.0 Å². The number of hydrogen-bond acceptors (Lipinski definition) is 4. The first-order valence-corrected chi connectivity index (χ1v) is 7.29. The third-order valence-electron chi connectivity index (χ3n) is 3.99. The zero-order valence-corrected chi connectivity index (χ0v) is 12.4. The molecule has 2 rings (SSSR count). The zero-order chi connectivity index (χ0) is 15.2. The molecular weight excluding hydrogens is 271 g/mol. The number of piperazine rings is 1. The number of nitrogens with zero attached hydrogens (tertiary/aromatic N) is 2. The number of halogens is 1. The molecule has 1 aliphatic heterocycles. The summed E-state index contributed by atoms with van der Waals surface area (Å²) in [5, 5.41) is 2.93. The van der Waals surface area contributed by atoms with Crippen molar-refractivity contribution in [1.82, 2.24) is 10.2 Å². The van der Waals surface area contributed by atoms with Crippen LogP contribution in [0.2, 0.25) is 0 Å². The lowest BCUT2D eigenvalue weighted by atomic mass is 10.1. The van der Waals surface area contributed by atoms with E-state index in [-0.39, 0.29) is 17.8 Å². The minimum atomic E-state index is -0.303. The quantitative estimate of drug-likeness (QED) is 0.798.